The Hall–Kier alpha value is -1.36. The van der Waals surface area contributed by atoms with Crippen LogP contribution in [0.2, 0.25) is 0 Å². The highest BCUT2D eigenvalue weighted by Crippen LogP contribution is 2.24. The summed E-state index contributed by atoms with van der Waals surface area (Å²) in [6.07, 6.45) is 5.74. The highest BCUT2D eigenvalue weighted by molar-refractivity contribution is 5.90. The minimum atomic E-state index is -0.0932. The van der Waals surface area contributed by atoms with Gasteiger partial charge in [0.15, 0.2) is 5.82 Å². The summed E-state index contributed by atoms with van der Waals surface area (Å²) in [6, 6.07) is 0. The van der Waals surface area contributed by atoms with E-state index >= 15 is 0 Å². The molecule has 5 nitrogen and oxygen atoms in total. The molecule has 5 heteroatoms. The number of nitrogens with one attached hydrogen (secondary N) is 2. The van der Waals surface area contributed by atoms with Crippen molar-refractivity contribution >= 4 is 5.91 Å². The number of carbonyl (C=O) groups is 1. The number of hydrogen-bond acceptors (Lipinski definition) is 3. The Morgan fingerprint density at radius 2 is 2.53 bits per heavy atom. The van der Waals surface area contributed by atoms with E-state index in [2.05, 4.69) is 22.5 Å². The molecule has 0 bridgehead atoms. The van der Waals surface area contributed by atoms with E-state index in [1.807, 2.05) is 7.05 Å². The second-order valence-electron chi connectivity index (χ2n) is 5.14. The van der Waals surface area contributed by atoms with Crippen molar-refractivity contribution in [3.05, 3.63) is 18.2 Å². The van der Waals surface area contributed by atoms with Crippen molar-refractivity contribution in [1.29, 1.82) is 0 Å². The molecule has 0 radical (unpaired) electrons. The van der Waals surface area contributed by atoms with Crippen molar-refractivity contribution in [1.82, 2.24) is 20.2 Å². The van der Waals surface area contributed by atoms with Gasteiger partial charge in [-0.2, -0.15) is 0 Å². The Bertz CT molecular complexity index is 393. The van der Waals surface area contributed by atoms with Crippen molar-refractivity contribution in [3.8, 4) is 0 Å². The minimum Gasteiger partial charge on any atom is -0.349 e. The number of nitrogens with zero attached hydrogens (tertiary/aromatic N) is 2. The van der Waals surface area contributed by atoms with Gasteiger partial charge in [-0.15, -0.1) is 0 Å². The molecule has 1 aromatic heterocycles. The lowest BCUT2D eigenvalue weighted by Gasteiger charge is -2.34. The molecular weight excluding hydrogens is 216 g/mol. The number of aryl methyl sites for hydroxylation is 1. The molecule has 1 saturated heterocycles. The van der Waals surface area contributed by atoms with E-state index in [1.165, 1.54) is 6.42 Å². The highest BCUT2D eigenvalue weighted by Gasteiger charge is 2.27. The van der Waals surface area contributed by atoms with Crippen LogP contribution in [0.15, 0.2) is 12.4 Å². The predicted octanol–water partition coefficient (Wildman–Crippen LogP) is 0.540. The van der Waals surface area contributed by atoms with Gasteiger partial charge >= 0.3 is 0 Å². The van der Waals surface area contributed by atoms with E-state index in [1.54, 1.807) is 17.0 Å². The van der Waals surface area contributed by atoms with Crippen LogP contribution >= 0.6 is 0 Å². The number of aromatic nitrogens is 2. The SMILES string of the molecule is Cn1ccnc1C(=O)NCC1(C)CCCNC1. The van der Waals surface area contributed by atoms with E-state index in [4.69, 9.17) is 0 Å². The van der Waals surface area contributed by atoms with Crippen molar-refractivity contribution < 1.29 is 4.79 Å². The number of hydrogen-bond donors (Lipinski definition) is 2. The third-order valence-corrected chi connectivity index (χ3v) is 3.39. The molecule has 1 fully saturated rings. The van der Waals surface area contributed by atoms with Crippen LogP contribution in [0.25, 0.3) is 0 Å². The summed E-state index contributed by atoms with van der Waals surface area (Å²) in [7, 11) is 1.83. The maximum Gasteiger partial charge on any atom is 0.287 e. The average Bonchev–Trinajstić information content (AvgIpc) is 2.74. The second kappa shape index (κ2) is 4.87. The van der Waals surface area contributed by atoms with Crippen molar-refractivity contribution in [3.63, 3.8) is 0 Å². The van der Waals surface area contributed by atoms with Crippen molar-refractivity contribution in [2.45, 2.75) is 19.8 Å². The summed E-state index contributed by atoms with van der Waals surface area (Å²) < 4.78 is 1.73. The molecule has 94 valence electrons. The summed E-state index contributed by atoms with van der Waals surface area (Å²) in [4.78, 5) is 15.9. The fraction of sp³-hybridized carbons (Fsp3) is 0.667. The van der Waals surface area contributed by atoms with Gasteiger partial charge in [-0.3, -0.25) is 4.79 Å². The van der Waals surface area contributed by atoms with Crippen LogP contribution in [-0.4, -0.2) is 35.1 Å². The van der Waals surface area contributed by atoms with Gasteiger partial charge in [0.25, 0.3) is 5.91 Å². The first kappa shape index (κ1) is 12.1. The normalized spacial score (nSPS) is 24.6. The third kappa shape index (κ3) is 2.85. The first-order chi connectivity index (χ1) is 8.11. The first-order valence-electron chi connectivity index (χ1n) is 6.07. The van der Waals surface area contributed by atoms with Crippen LogP contribution in [-0.2, 0) is 7.05 Å². The molecule has 2 N–H and O–H groups in total. The summed E-state index contributed by atoms with van der Waals surface area (Å²) in [5.74, 6) is 0.377. The lowest BCUT2D eigenvalue weighted by Crippen LogP contribution is -2.46. The number of piperidine rings is 1. The minimum absolute atomic E-state index is 0.0932. The zero-order valence-electron chi connectivity index (χ0n) is 10.5. The van der Waals surface area contributed by atoms with Crippen LogP contribution in [0.3, 0.4) is 0 Å². The summed E-state index contributed by atoms with van der Waals surface area (Å²) in [5.41, 5.74) is 0.166. The average molecular weight is 236 g/mol. The summed E-state index contributed by atoms with van der Waals surface area (Å²) in [6.45, 7) is 4.96. The maximum absolute atomic E-state index is 11.9. The molecule has 1 aliphatic rings. The summed E-state index contributed by atoms with van der Waals surface area (Å²) >= 11 is 0. The van der Waals surface area contributed by atoms with Crippen LogP contribution in [0.4, 0.5) is 0 Å². The second-order valence-corrected chi connectivity index (χ2v) is 5.14. The van der Waals surface area contributed by atoms with Crippen LogP contribution in [0.1, 0.15) is 30.4 Å². The van der Waals surface area contributed by atoms with Gasteiger partial charge in [-0.1, -0.05) is 6.92 Å². The molecule has 0 aliphatic carbocycles. The van der Waals surface area contributed by atoms with Gasteiger partial charge in [0.2, 0.25) is 0 Å². The molecule has 0 aromatic carbocycles. The standard InChI is InChI=1S/C12H20N4O/c1-12(4-3-5-13-8-12)9-15-11(17)10-14-6-7-16(10)2/h6-7,13H,3-5,8-9H2,1-2H3,(H,15,17). The Labute approximate surface area is 102 Å². The van der Waals surface area contributed by atoms with Gasteiger partial charge in [0.05, 0.1) is 0 Å². The first-order valence-corrected chi connectivity index (χ1v) is 6.07. The van der Waals surface area contributed by atoms with E-state index in [-0.39, 0.29) is 11.3 Å². The molecule has 0 saturated carbocycles. The molecule has 1 aliphatic heterocycles. The Morgan fingerprint density at radius 3 is 3.12 bits per heavy atom. The molecular formula is C12H20N4O. The Kier molecular flexibility index (Phi) is 3.47. The monoisotopic (exact) mass is 236 g/mol. The van der Waals surface area contributed by atoms with Gasteiger partial charge in [0, 0.05) is 32.5 Å². The van der Waals surface area contributed by atoms with Crippen molar-refractivity contribution in [2.24, 2.45) is 12.5 Å². The van der Waals surface area contributed by atoms with Crippen LogP contribution < -0.4 is 10.6 Å². The fourth-order valence-electron chi connectivity index (χ4n) is 2.23. The van der Waals surface area contributed by atoms with Crippen LogP contribution in [0, 0.1) is 5.41 Å². The van der Waals surface area contributed by atoms with Gasteiger partial charge in [0.1, 0.15) is 0 Å². The lowest BCUT2D eigenvalue weighted by molar-refractivity contribution is 0.0911. The Balaban J connectivity index is 1.90. The maximum atomic E-state index is 11.9. The predicted molar refractivity (Wildman–Crippen MR) is 65.8 cm³/mol. The highest BCUT2D eigenvalue weighted by atomic mass is 16.2. The van der Waals surface area contributed by atoms with E-state index < -0.39 is 0 Å². The molecule has 2 heterocycles. The smallest absolute Gasteiger partial charge is 0.287 e. The zero-order chi connectivity index (χ0) is 12.3. The topological polar surface area (TPSA) is 59.0 Å². The molecule has 0 spiro atoms. The molecule has 1 unspecified atom stereocenters. The molecule has 2 rings (SSSR count). The molecule has 17 heavy (non-hydrogen) atoms. The number of amides is 1. The Morgan fingerprint density at radius 1 is 1.71 bits per heavy atom. The number of carbonyl (C=O) groups excluding carboxylic acids is 1. The van der Waals surface area contributed by atoms with Crippen molar-refractivity contribution in [2.75, 3.05) is 19.6 Å². The number of rotatable bonds is 3. The van der Waals surface area contributed by atoms with E-state index in [9.17, 15) is 4.79 Å². The fourth-order valence-corrected chi connectivity index (χ4v) is 2.23. The molecule has 1 aromatic rings. The third-order valence-electron chi connectivity index (χ3n) is 3.39. The lowest BCUT2D eigenvalue weighted by atomic mass is 9.83. The molecule has 1 atom stereocenters. The largest absolute Gasteiger partial charge is 0.349 e. The zero-order valence-corrected chi connectivity index (χ0v) is 10.5. The van der Waals surface area contributed by atoms with Gasteiger partial charge < -0.3 is 15.2 Å². The summed E-state index contributed by atoms with van der Waals surface area (Å²) in [5, 5.41) is 6.35. The van der Waals surface area contributed by atoms with E-state index in [0.717, 1.165) is 19.5 Å². The van der Waals surface area contributed by atoms with Gasteiger partial charge in [-0.25, -0.2) is 4.98 Å². The van der Waals surface area contributed by atoms with Gasteiger partial charge in [-0.05, 0) is 24.8 Å². The van der Waals surface area contributed by atoms with E-state index in [0.29, 0.717) is 12.4 Å². The number of imidazole rings is 1. The van der Waals surface area contributed by atoms with Crippen LogP contribution in [0.5, 0.6) is 0 Å². The molecule has 1 amide bonds. The quantitative estimate of drug-likeness (QED) is 0.805.